The molecule has 16 heavy (non-hydrogen) atoms. The molecule has 1 saturated carbocycles. The standard InChI is InChI=1S/C13H24N2S/c1-7-13(6)8-16-10(15-13)14-9-11(2,3)12(9,4)5/h9H,7-8H2,1-6H3,(H,14,15). The second-order valence-electron chi connectivity index (χ2n) is 6.61. The summed E-state index contributed by atoms with van der Waals surface area (Å²) < 4.78 is 0. The van der Waals surface area contributed by atoms with Gasteiger partial charge in [-0.05, 0) is 24.2 Å². The van der Waals surface area contributed by atoms with E-state index in [1.54, 1.807) is 0 Å². The van der Waals surface area contributed by atoms with E-state index in [1.165, 1.54) is 0 Å². The molecule has 0 radical (unpaired) electrons. The van der Waals surface area contributed by atoms with Crippen LogP contribution in [0, 0.1) is 10.8 Å². The summed E-state index contributed by atoms with van der Waals surface area (Å²) in [6, 6.07) is 0.481. The quantitative estimate of drug-likeness (QED) is 0.801. The van der Waals surface area contributed by atoms with Crippen molar-refractivity contribution in [2.24, 2.45) is 15.8 Å². The van der Waals surface area contributed by atoms with Gasteiger partial charge in [-0.2, -0.15) is 0 Å². The largest absolute Gasteiger partial charge is 0.359 e. The molecular weight excluding hydrogens is 216 g/mol. The van der Waals surface area contributed by atoms with Gasteiger partial charge in [0.05, 0.1) is 6.04 Å². The first-order valence-corrected chi connectivity index (χ1v) is 7.20. The normalized spacial score (nSPS) is 38.8. The Labute approximate surface area is 104 Å². The minimum atomic E-state index is 0.257. The van der Waals surface area contributed by atoms with Gasteiger partial charge in [-0.3, -0.25) is 4.99 Å². The molecule has 1 unspecified atom stereocenters. The van der Waals surface area contributed by atoms with Crippen LogP contribution in [0.25, 0.3) is 0 Å². The molecule has 2 fully saturated rings. The van der Waals surface area contributed by atoms with Crippen molar-refractivity contribution in [2.75, 3.05) is 5.75 Å². The smallest absolute Gasteiger partial charge is 0.157 e. The molecule has 0 bridgehead atoms. The van der Waals surface area contributed by atoms with E-state index >= 15 is 0 Å². The van der Waals surface area contributed by atoms with Crippen molar-refractivity contribution >= 4 is 16.9 Å². The number of nitrogens with zero attached hydrogens (tertiary/aromatic N) is 1. The average molecular weight is 240 g/mol. The first-order valence-electron chi connectivity index (χ1n) is 6.22. The van der Waals surface area contributed by atoms with E-state index in [0.717, 1.165) is 17.3 Å². The maximum atomic E-state index is 4.90. The Bertz CT molecular complexity index is 319. The van der Waals surface area contributed by atoms with E-state index in [9.17, 15) is 0 Å². The molecule has 0 spiro atoms. The second kappa shape index (κ2) is 3.41. The number of hydrogen-bond acceptors (Lipinski definition) is 2. The Balaban J connectivity index is 2.07. The molecular formula is C13H24N2S. The Morgan fingerprint density at radius 1 is 1.25 bits per heavy atom. The number of rotatable bonds is 2. The van der Waals surface area contributed by atoms with Crippen LogP contribution in [0.5, 0.6) is 0 Å². The number of aliphatic imine (C=N–C) groups is 1. The van der Waals surface area contributed by atoms with Crippen molar-refractivity contribution in [1.82, 2.24) is 5.32 Å². The first-order chi connectivity index (χ1) is 7.23. The fourth-order valence-corrected chi connectivity index (χ4v) is 3.65. The lowest BCUT2D eigenvalue weighted by Gasteiger charge is -2.20. The SMILES string of the molecule is CCC1(C)CSC(=NC2C(C)(C)C2(C)C)N1. The Hall–Kier alpha value is -0.180. The van der Waals surface area contributed by atoms with Crippen molar-refractivity contribution in [3.05, 3.63) is 0 Å². The molecule has 0 aromatic rings. The Kier molecular flexibility index (Phi) is 2.62. The van der Waals surface area contributed by atoms with Crippen LogP contribution in [0.15, 0.2) is 4.99 Å². The van der Waals surface area contributed by atoms with E-state index in [0.29, 0.717) is 16.9 Å². The summed E-state index contributed by atoms with van der Waals surface area (Å²) in [5.74, 6) is 1.15. The van der Waals surface area contributed by atoms with Gasteiger partial charge in [0.25, 0.3) is 0 Å². The molecule has 2 nitrogen and oxygen atoms in total. The lowest BCUT2D eigenvalue weighted by atomic mass is 10.0. The number of hydrogen-bond donors (Lipinski definition) is 1. The summed E-state index contributed by atoms with van der Waals surface area (Å²) in [6.07, 6.45) is 1.16. The predicted octanol–water partition coefficient (Wildman–Crippen LogP) is 3.28. The van der Waals surface area contributed by atoms with Gasteiger partial charge in [0.2, 0.25) is 0 Å². The minimum absolute atomic E-state index is 0.257. The fourth-order valence-electron chi connectivity index (χ4n) is 2.42. The maximum Gasteiger partial charge on any atom is 0.157 e. The van der Waals surface area contributed by atoms with E-state index in [-0.39, 0.29) is 5.54 Å². The van der Waals surface area contributed by atoms with Crippen LogP contribution in [0.1, 0.15) is 48.0 Å². The van der Waals surface area contributed by atoms with Crippen LogP contribution in [0.4, 0.5) is 0 Å². The third-order valence-electron chi connectivity index (χ3n) is 4.91. The van der Waals surface area contributed by atoms with E-state index in [4.69, 9.17) is 4.99 Å². The summed E-state index contributed by atoms with van der Waals surface area (Å²) in [5, 5.41) is 4.74. The van der Waals surface area contributed by atoms with E-state index in [2.05, 4.69) is 46.9 Å². The molecule has 1 aliphatic carbocycles. The molecule has 1 N–H and O–H groups in total. The molecule has 0 amide bonds. The highest BCUT2D eigenvalue weighted by atomic mass is 32.2. The average Bonchev–Trinajstić information content (AvgIpc) is 2.54. The monoisotopic (exact) mass is 240 g/mol. The lowest BCUT2D eigenvalue weighted by Crippen LogP contribution is -2.39. The zero-order valence-electron chi connectivity index (χ0n) is 11.3. The van der Waals surface area contributed by atoms with Crippen molar-refractivity contribution in [3.8, 4) is 0 Å². The highest BCUT2D eigenvalue weighted by molar-refractivity contribution is 8.14. The van der Waals surface area contributed by atoms with Crippen molar-refractivity contribution in [1.29, 1.82) is 0 Å². The zero-order valence-corrected chi connectivity index (χ0v) is 12.2. The number of nitrogens with one attached hydrogen (secondary N) is 1. The molecule has 1 aliphatic heterocycles. The fraction of sp³-hybridized carbons (Fsp3) is 0.923. The van der Waals surface area contributed by atoms with Crippen LogP contribution in [-0.2, 0) is 0 Å². The van der Waals surface area contributed by atoms with Crippen LogP contribution in [0.3, 0.4) is 0 Å². The topological polar surface area (TPSA) is 24.4 Å². The van der Waals surface area contributed by atoms with Crippen LogP contribution >= 0.6 is 11.8 Å². The number of thioether (sulfide) groups is 1. The van der Waals surface area contributed by atoms with Gasteiger partial charge >= 0.3 is 0 Å². The number of amidine groups is 1. The maximum absolute atomic E-state index is 4.90. The summed E-state index contributed by atoms with van der Waals surface area (Å²) in [6.45, 7) is 13.8. The molecule has 3 heteroatoms. The van der Waals surface area contributed by atoms with Gasteiger partial charge in [0.15, 0.2) is 5.17 Å². The molecule has 2 rings (SSSR count). The van der Waals surface area contributed by atoms with Crippen LogP contribution in [0.2, 0.25) is 0 Å². The van der Waals surface area contributed by atoms with Gasteiger partial charge in [-0.25, -0.2) is 0 Å². The van der Waals surface area contributed by atoms with Crippen molar-refractivity contribution in [2.45, 2.75) is 59.5 Å². The summed E-state index contributed by atoms with van der Waals surface area (Å²) >= 11 is 1.88. The van der Waals surface area contributed by atoms with E-state index in [1.807, 2.05) is 11.8 Å². The molecule has 1 heterocycles. The molecule has 0 aromatic heterocycles. The first kappa shape index (κ1) is 12.3. The Morgan fingerprint density at radius 2 is 1.81 bits per heavy atom. The van der Waals surface area contributed by atoms with Gasteiger partial charge in [-0.1, -0.05) is 46.4 Å². The molecule has 1 atom stereocenters. The molecule has 2 aliphatic rings. The van der Waals surface area contributed by atoms with Crippen LogP contribution < -0.4 is 5.32 Å². The van der Waals surface area contributed by atoms with Gasteiger partial charge in [0, 0.05) is 11.3 Å². The zero-order chi connectivity index (χ0) is 12.2. The van der Waals surface area contributed by atoms with Gasteiger partial charge in [0.1, 0.15) is 0 Å². The van der Waals surface area contributed by atoms with E-state index < -0.39 is 0 Å². The Morgan fingerprint density at radius 3 is 2.19 bits per heavy atom. The minimum Gasteiger partial charge on any atom is -0.359 e. The third-order valence-corrected chi connectivity index (χ3v) is 6.17. The second-order valence-corrected chi connectivity index (χ2v) is 7.57. The predicted molar refractivity (Wildman–Crippen MR) is 73.1 cm³/mol. The molecule has 1 saturated heterocycles. The molecule has 92 valence electrons. The summed E-state index contributed by atoms with van der Waals surface area (Å²) in [7, 11) is 0. The summed E-state index contributed by atoms with van der Waals surface area (Å²) in [4.78, 5) is 4.90. The van der Waals surface area contributed by atoms with Crippen molar-refractivity contribution < 1.29 is 0 Å². The van der Waals surface area contributed by atoms with Gasteiger partial charge < -0.3 is 5.32 Å². The highest BCUT2D eigenvalue weighted by Gasteiger charge is 2.65. The molecule has 0 aromatic carbocycles. The summed E-state index contributed by atoms with van der Waals surface area (Å²) in [5.41, 5.74) is 0.966. The van der Waals surface area contributed by atoms with Gasteiger partial charge in [-0.15, -0.1) is 0 Å². The lowest BCUT2D eigenvalue weighted by molar-refractivity contribution is 0.457. The third kappa shape index (κ3) is 1.68. The van der Waals surface area contributed by atoms with Crippen molar-refractivity contribution in [3.63, 3.8) is 0 Å². The van der Waals surface area contributed by atoms with Crippen LogP contribution in [-0.4, -0.2) is 22.5 Å². The highest BCUT2D eigenvalue weighted by Crippen LogP contribution is 2.64.